The first-order valence-electron chi connectivity index (χ1n) is 5.52. The number of hydrogen-bond donors (Lipinski definition) is 2. The van der Waals surface area contributed by atoms with Crippen molar-refractivity contribution >= 4 is 0 Å². The Balaban J connectivity index is 2.69. The van der Waals surface area contributed by atoms with Crippen LogP contribution in [0.15, 0.2) is 12.3 Å². The lowest BCUT2D eigenvalue weighted by molar-refractivity contribution is -0.136. The van der Waals surface area contributed by atoms with Gasteiger partial charge in [-0.15, -0.1) is 0 Å². The van der Waals surface area contributed by atoms with Gasteiger partial charge in [0.1, 0.15) is 0 Å². The van der Waals surface area contributed by atoms with E-state index in [9.17, 15) is 13.2 Å². The number of nitrogens with zero attached hydrogens (tertiary/aromatic N) is 2. The van der Waals surface area contributed by atoms with Crippen molar-refractivity contribution in [2.75, 3.05) is 0 Å². The van der Waals surface area contributed by atoms with Gasteiger partial charge in [-0.2, -0.15) is 18.3 Å². The van der Waals surface area contributed by atoms with E-state index < -0.39 is 18.6 Å². The molecule has 0 saturated heterocycles. The molecule has 0 aliphatic carbocycles. The van der Waals surface area contributed by atoms with Crippen LogP contribution in [0.2, 0.25) is 0 Å². The highest BCUT2D eigenvalue weighted by Gasteiger charge is 2.29. The summed E-state index contributed by atoms with van der Waals surface area (Å²) in [6.45, 7) is 2.65. The first kappa shape index (κ1) is 14.0. The zero-order valence-corrected chi connectivity index (χ0v) is 9.67. The van der Waals surface area contributed by atoms with E-state index in [1.165, 1.54) is 0 Å². The quantitative estimate of drug-likeness (QED) is 0.600. The van der Waals surface area contributed by atoms with Crippen LogP contribution in [-0.4, -0.2) is 16.0 Å². The third kappa shape index (κ3) is 4.35. The Morgan fingerprint density at radius 2 is 2.24 bits per heavy atom. The Morgan fingerprint density at radius 3 is 2.76 bits per heavy atom. The summed E-state index contributed by atoms with van der Waals surface area (Å²) < 4.78 is 38.1. The fourth-order valence-electron chi connectivity index (χ4n) is 1.66. The summed E-state index contributed by atoms with van der Waals surface area (Å²) in [5, 5.41) is 4.06. The molecule has 98 valence electrons. The Hall–Kier alpha value is -1.08. The second kappa shape index (κ2) is 6.02. The van der Waals surface area contributed by atoms with Gasteiger partial charge in [0.05, 0.1) is 11.7 Å². The fourth-order valence-corrected chi connectivity index (χ4v) is 1.66. The minimum absolute atomic E-state index is 0.0879. The predicted molar refractivity (Wildman–Crippen MR) is 57.9 cm³/mol. The van der Waals surface area contributed by atoms with Gasteiger partial charge in [0.2, 0.25) is 0 Å². The van der Waals surface area contributed by atoms with Crippen LogP contribution in [0.25, 0.3) is 0 Å². The number of nitrogens with two attached hydrogens (primary N) is 1. The van der Waals surface area contributed by atoms with E-state index in [2.05, 4.69) is 10.5 Å². The Morgan fingerprint density at radius 1 is 1.53 bits per heavy atom. The summed E-state index contributed by atoms with van der Waals surface area (Å²) in [7, 11) is 0. The van der Waals surface area contributed by atoms with Crippen molar-refractivity contribution in [3.05, 3.63) is 18.0 Å². The zero-order valence-electron chi connectivity index (χ0n) is 9.67. The molecule has 0 bridgehead atoms. The molecule has 1 atom stereocenters. The monoisotopic (exact) mass is 250 g/mol. The lowest BCUT2D eigenvalue weighted by Gasteiger charge is -2.18. The first-order valence-corrected chi connectivity index (χ1v) is 5.52. The lowest BCUT2D eigenvalue weighted by Crippen LogP contribution is -2.31. The maximum Gasteiger partial charge on any atom is 0.389 e. The maximum absolute atomic E-state index is 12.2. The van der Waals surface area contributed by atoms with Gasteiger partial charge in [0.15, 0.2) is 0 Å². The van der Waals surface area contributed by atoms with Crippen LogP contribution >= 0.6 is 0 Å². The van der Waals surface area contributed by atoms with Crippen molar-refractivity contribution in [1.29, 1.82) is 0 Å². The largest absolute Gasteiger partial charge is 0.389 e. The van der Waals surface area contributed by atoms with Crippen molar-refractivity contribution in [2.45, 2.75) is 44.9 Å². The first-order chi connectivity index (χ1) is 7.98. The van der Waals surface area contributed by atoms with E-state index in [0.717, 1.165) is 6.42 Å². The molecule has 0 saturated carbocycles. The molecule has 1 aromatic rings. The van der Waals surface area contributed by atoms with Crippen molar-refractivity contribution in [1.82, 2.24) is 15.2 Å². The molecule has 4 nitrogen and oxygen atoms in total. The SMILES string of the molecule is CCCn1nccc1C(CCC(F)(F)F)NN. The van der Waals surface area contributed by atoms with Gasteiger partial charge >= 0.3 is 6.18 Å². The van der Waals surface area contributed by atoms with E-state index in [-0.39, 0.29) is 6.42 Å². The molecular formula is C10H17F3N4. The number of nitrogens with one attached hydrogen (secondary N) is 1. The van der Waals surface area contributed by atoms with Gasteiger partial charge in [-0.05, 0) is 18.9 Å². The van der Waals surface area contributed by atoms with Crippen LogP contribution < -0.4 is 11.3 Å². The minimum atomic E-state index is -4.16. The number of alkyl halides is 3. The number of aromatic nitrogens is 2. The van der Waals surface area contributed by atoms with Gasteiger partial charge in [-0.1, -0.05) is 6.92 Å². The normalized spacial score (nSPS) is 13.9. The fraction of sp³-hybridized carbons (Fsp3) is 0.700. The summed E-state index contributed by atoms with van der Waals surface area (Å²) in [4.78, 5) is 0. The summed E-state index contributed by atoms with van der Waals surface area (Å²) in [6.07, 6.45) is -2.67. The van der Waals surface area contributed by atoms with Gasteiger partial charge in [0.25, 0.3) is 0 Å². The molecule has 0 aromatic carbocycles. The van der Waals surface area contributed by atoms with E-state index >= 15 is 0 Å². The number of hydrogen-bond acceptors (Lipinski definition) is 3. The Bertz CT molecular complexity index is 335. The topological polar surface area (TPSA) is 55.9 Å². The molecule has 17 heavy (non-hydrogen) atoms. The third-order valence-corrected chi connectivity index (χ3v) is 2.46. The Kier molecular flexibility index (Phi) is 4.95. The second-order valence-corrected chi connectivity index (χ2v) is 3.85. The van der Waals surface area contributed by atoms with E-state index in [1.807, 2.05) is 6.92 Å². The standard InChI is InChI=1S/C10H17F3N4/c1-2-7-17-9(4-6-15-17)8(16-14)3-5-10(11,12)13/h4,6,8,16H,2-3,5,7,14H2,1H3. The van der Waals surface area contributed by atoms with Crippen LogP contribution in [-0.2, 0) is 6.54 Å². The summed E-state index contributed by atoms with van der Waals surface area (Å²) in [5.41, 5.74) is 3.11. The van der Waals surface area contributed by atoms with Gasteiger partial charge in [-0.25, -0.2) is 0 Å². The maximum atomic E-state index is 12.2. The van der Waals surface area contributed by atoms with Gasteiger partial charge in [-0.3, -0.25) is 16.0 Å². The van der Waals surface area contributed by atoms with Crippen molar-refractivity contribution < 1.29 is 13.2 Å². The molecule has 0 aliphatic rings. The number of rotatable bonds is 6. The number of halogens is 3. The van der Waals surface area contributed by atoms with Crippen LogP contribution in [0.1, 0.15) is 37.9 Å². The molecule has 0 radical (unpaired) electrons. The molecule has 7 heteroatoms. The zero-order chi connectivity index (χ0) is 12.9. The summed E-state index contributed by atoms with van der Waals surface area (Å²) in [5.74, 6) is 5.30. The van der Waals surface area contributed by atoms with Crippen molar-refractivity contribution in [3.63, 3.8) is 0 Å². The molecule has 1 aromatic heterocycles. The molecule has 0 spiro atoms. The Labute approximate surface area is 97.9 Å². The molecular weight excluding hydrogens is 233 g/mol. The average molecular weight is 250 g/mol. The summed E-state index contributed by atoms with van der Waals surface area (Å²) in [6, 6.07) is 1.17. The molecule has 1 heterocycles. The number of hydrazine groups is 1. The highest BCUT2D eigenvalue weighted by atomic mass is 19.4. The molecule has 0 fully saturated rings. The van der Waals surface area contributed by atoms with Crippen molar-refractivity contribution in [2.24, 2.45) is 5.84 Å². The second-order valence-electron chi connectivity index (χ2n) is 3.85. The van der Waals surface area contributed by atoms with Crippen LogP contribution in [0.4, 0.5) is 13.2 Å². The van der Waals surface area contributed by atoms with E-state index in [4.69, 9.17) is 5.84 Å². The van der Waals surface area contributed by atoms with E-state index in [1.54, 1.807) is 16.9 Å². The third-order valence-electron chi connectivity index (χ3n) is 2.46. The summed E-state index contributed by atoms with van der Waals surface area (Å²) >= 11 is 0. The lowest BCUT2D eigenvalue weighted by atomic mass is 10.1. The number of aryl methyl sites for hydroxylation is 1. The van der Waals surface area contributed by atoms with Gasteiger partial charge in [0, 0.05) is 19.2 Å². The molecule has 0 aliphatic heterocycles. The average Bonchev–Trinajstić information content (AvgIpc) is 2.66. The van der Waals surface area contributed by atoms with Crippen LogP contribution in [0, 0.1) is 0 Å². The minimum Gasteiger partial charge on any atom is -0.271 e. The highest BCUT2D eigenvalue weighted by molar-refractivity contribution is 5.06. The van der Waals surface area contributed by atoms with Gasteiger partial charge < -0.3 is 0 Å². The molecule has 0 amide bonds. The highest BCUT2D eigenvalue weighted by Crippen LogP contribution is 2.27. The van der Waals surface area contributed by atoms with Crippen LogP contribution in [0.5, 0.6) is 0 Å². The van der Waals surface area contributed by atoms with Crippen molar-refractivity contribution in [3.8, 4) is 0 Å². The molecule has 3 N–H and O–H groups in total. The van der Waals surface area contributed by atoms with Crippen LogP contribution in [0.3, 0.4) is 0 Å². The predicted octanol–water partition coefficient (Wildman–Crippen LogP) is 2.14. The molecule has 1 unspecified atom stereocenters. The van der Waals surface area contributed by atoms with E-state index in [0.29, 0.717) is 12.2 Å². The smallest absolute Gasteiger partial charge is 0.271 e. The molecule has 1 rings (SSSR count).